The first kappa shape index (κ1) is 20.2. The second-order valence-corrected chi connectivity index (χ2v) is 6.64. The van der Waals surface area contributed by atoms with E-state index in [1.165, 1.54) is 0 Å². The molecule has 0 spiro atoms. The van der Waals surface area contributed by atoms with Crippen molar-refractivity contribution in [2.45, 2.75) is 6.54 Å². The van der Waals surface area contributed by atoms with Crippen LogP contribution in [0.25, 0.3) is 11.3 Å². The highest BCUT2D eigenvalue weighted by Crippen LogP contribution is 2.23. The summed E-state index contributed by atoms with van der Waals surface area (Å²) in [6.45, 7) is 0.168. The zero-order valence-electron chi connectivity index (χ0n) is 14.4. The van der Waals surface area contributed by atoms with Gasteiger partial charge in [-0.1, -0.05) is 40.2 Å². The smallest absolute Gasteiger partial charge is 0.355 e. The van der Waals surface area contributed by atoms with Crippen LogP contribution in [0.2, 0.25) is 0 Å². The van der Waals surface area contributed by atoms with Crippen LogP contribution >= 0.6 is 15.9 Å². The van der Waals surface area contributed by atoms with Gasteiger partial charge < -0.3 is 21.7 Å². The van der Waals surface area contributed by atoms with Gasteiger partial charge in [-0.05, 0) is 24.3 Å². The summed E-state index contributed by atoms with van der Waals surface area (Å²) in [5, 5.41) is 0. The third kappa shape index (κ3) is 4.16. The lowest BCUT2D eigenvalue weighted by Crippen LogP contribution is -3.00. The number of hydrogen-bond acceptors (Lipinski definition) is 3. The summed E-state index contributed by atoms with van der Waals surface area (Å²) in [5.41, 5.74) is 8.76. The molecule has 0 fully saturated rings. The van der Waals surface area contributed by atoms with E-state index < -0.39 is 0 Å². The maximum absolute atomic E-state index is 12.6. The molecule has 0 amide bonds. The van der Waals surface area contributed by atoms with Crippen molar-refractivity contribution in [3.8, 4) is 17.0 Å². The van der Waals surface area contributed by atoms with Crippen LogP contribution in [-0.2, 0) is 13.6 Å². The number of anilines is 1. The number of rotatable bonds is 5. The monoisotopic (exact) mass is 479 g/mol. The van der Waals surface area contributed by atoms with Crippen molar-refractivity contribution < 1.29 is 31.1 Å². The molecule has 0 aliphatic heterocycles. The van der Waals surface area contributed by atoms with Crippen molar-refractivity contribution in [3.05, 3.63) is 64.8 Å². The molecule has 1 aromatic heterocycles. The standard InChI is InChI=1S/C19H18BrN3O2.BrH/c1-22-17(13-5-3-7-15(20)9-13)11-23(19(22)21)12-18(24)14-6-4-8-16(10-14)25-2;/h3-11,21H,12H2,1-2H3;1H. The topological polar surface area (TPSA) is 61.1 Å². The van der Waals surface area contributed by atoms with Crippen molar-refractivity contribution in [1.29, 1.82) is 0 Å². The molecule has 2 aromatic carbocycles. The van der Waals surface area contributed by atoms with E-state index in [-0.39, 0.29) is 29.3 Å². The summed E-state index contributed by atoms with van der Waals surface area (Å²) in [6, 6.07) is 15.1. The Morgan fingerprint density at radius 3 is 2.65 bits per heavy atom. The van der Waals surface area contributed by atoms with Gasteiger partial charge in [0.1, 0.15) is 24.2 Å². The number of carbonyl (C=O) groups is 1. The minimum atomic E-state index is -0.0259. The van der Waals surface area contributed by atoms with E-state index in [1.807, 2.05) is 48.1 Å². The normalized spacial score (nSPS) is 10.3. The number of carbonyl (C=O) groups excluding carboxylic acids is 1. The fraction of sp³-hybridized carbons (Fsp3) is 0.158. The Kier molecular flexibility index (Phi) is 6.61. The van der Waals surface area contributed by atoms with Gasteiger partial charge in [0.2, 0.25) is 0 Å². The van der Waals surface area contributed by atoms with Crippen molar-refractivity contribution in [1.82, 2.24) is 4.57 Å². The number of ketones is 1. The maximum Gasteiger partial charge on any atom is 0.355 e. The Morgan fingerprint density at radius 2 is 1.96 bits per heavy atom. The number of hydrogen-bond donors (Lipinski definition) is 1. The third-order valence-corrected chi connectivity index (χ3v) is 4.60. The maximum atomic E-state index is 12.6. The minimum absolute atomic E-state index is 0. The van der Waals surface area contributed by atoms with Crippen LogP contribution in [0, 0.1) is 0 Å². The number of nitrogens with zero attached hydrogens (tertiary/aromatic N) is 2. The molecule has 3 aromatic rings. The molecule has 2 N–H and O–H groups in total. The molecule has 0 aliphatic carbocycles. The number of nitrogen functional groups attached to an aromatic ring is 1. The molecule has 3 rings (SSSR count). The third-order valence-electron chi connectivity index (χ3n) is 4.10. The number of Topliss-reactive ketones (excluding diaryl/α,β-unsaturated/α-hetero) is 1. The summed E-state index contributed by atoms with van der Waals surface area (Å²) in [4.78, 5) is 12.6. The molecule has 26 heavy (non-hydrogen) atoms. The molecular formula is C19H19Br2N3O2. The number of methoxy groups -OCH3 is 1. The first-order valence-electron chi connectivity index (χ1n) is 7.77. The molecule has 1 heterocycles. The predicted octanol–water partition coefficient (Wildman–Crippen LogP) is 0.220. The van der Waals surface area contributed by atoms with E-state index in [0.717, 1.165) is 15.7 Å². The van der Waals surface area contributed by atoms with Crippen LogP contribution in [0.15, 0.2) is 59.2 Å². The Morgan fingerprint density at radius 1 is 1.23 bits per heavy atom. The summed E-state index contributed by atoms with van der Waals surface area (Å²) >= 11 is 3.48. The van der Waals surface area contributed by atoms with E-state index in [0.29, 0.717) is 17.3 Å². The number of benzene rings is 2. The molecular weight excluding hydrogens is 462 g/mol. The lowest BCUT2D eigenvalue weighted by molar-refractivity contribution is -0.667. The first-order valence-corrected chi connectivity index (χ1v) is 8.56. The highest BCUT2D eigenvalue weighted by Gasteiger charge is 2.20. The highest BCUT2D eigenvalue weighted by atomic mass is 79.9. The van der Waals surface area contributed by atoms with Crippen molar-refractivity contribution >= 4 is 27.7 Å². The van der Waals surface area contributed by atoms with Gasteiger partial charge in [0.05, 0.1) is 14.2 Å². The Bertz CT molecular complexity index is 938. The van der Waals surface area contributed by atoms with Crippen molar-refractivity contribution in [3.63, 3.8) is 0 Å². The summed E-state index contributed by atoms with van der Waals surface area (Å²) in [6.07, 6.45) is 1.90. The average molecular weight is 481 g/mol. The number of nitrogens with two attached hydrogens (primary N) is 1. The van der Waals surface area contributed by atoms with E-state index >= 15 is 0 Å². The fourth-order valence-electron chi connectivity index (χ4n) is 2.70. The molecule has 0 saturated carbocycles. The fourth-order valence-corrected chi connectivity index (χ4v) is 3.10. The van der Waals surface area contributed by atoms with Crippen LogP contribution in [0.4, 0.5) is 5.95 Å². The van der Waals surface area contributed by atoms with Gasteiger partial charge in [-0.25, -0.2) is 9.13 Å². The van der Waals surface area contributed by atoms with Gasteiger partial charge in [-0.3, -0.25) is 10.5 Å². The number of halogens is 2. The quantitative estimate of drug-likeness (QED) is 0.419. The molecule has 136 valence electrons. The van der Waals surface area contributed by atoms with Gasteiger partial charge in [0.25, 0.3) is 0 Å². The molecule has 7 heteroatoms. The summed E-state index contributed by atoms with van der Waals surface area (Å²) in [7, 11) is 3.47. The van der Waals surface area contributed by atoms with Crippen LogP contribution in [-0.4, -0.2) is 17.5 Å². The molecule has 0 saturated heterocycles. The van der Waals surface area contributed by atoms with Crippen molar-refractivity contribution in [2.24, 2.45) is 7.05 Å². The van der Waals surface area contributed by atoms with Crippen LogP contribution in [0.5, 0.6) is 5.75 Å². The summed E-state index contributed by atoms with van der Waals surface area (Å²) in [5.74, 6) is 1.15. The second kappa shape index (κ2) is 8.51. The predicted molar refractivity (Wildman–Crippen MR) is 100 cm³/mol. The molecule has 0 bridgehead atoms. The number of imidazole rings is 1. The molecule has 5 nitrogen and oxygen atoms in total. The van der Waals surface area contributed by atoms with Gasteiger partial charge in [0, 0.05) is 15.6 Å². The van der Waals surface area contributed by atoms with Gasteiger partial charge in [-0.15, -0.1) is 0 Å². The molecule has 0 unspecified atom stereocenters. The Hall–Kier alpha value is -2.12. The van der Waals surface area contributed by atoms with Crippen LogP contribution in [0.1, 0.15) is 10.4 Å². The SMILES string of the molecule is COc1cccc(C(=O)C[n+]2cc(-c3cccc(Br)c3)n(C)c2N)c1.[Br-]. The zero-order valence-corrected chi connectivity index (χ0v) is 17.6. The van der Waals surface area contributed by atoms with Gasteiger partial charge in [-0.2, -0.15) is 0 Å². The number of ether oxygens (including phenoxy) is 1. The summed E-state index contributed by atoms with van der Waals surface area (Å²) < 4.78 is 9.81. The minimum Gasteiger partial charge on any atom is -1.00 e. The Balaban J connectivity index is 0.00000243. The first-order chi connectivity index (χ1) is 12.0. The van der Waals surface area contributed by atoms with Crippen LogP contribution in [0.3, 0.4) is 0 Å². The highest BCUT2D eigenvalue weighted by molar-refractivity contribution is 9.10. The van der Waals surface area contributed by atoms with E-state index in [2.05, 4.69) is 15.9 Å². The van der Waals surface area contributed by atoms with E-state index in [4.69, 9.17) is 10.5 Å². The lowest BCUT2D eigenvalue weighted by atomic mass is 10.1. The van der Waals surface area contributed by atoms with Crippen LogP contribution < -0.4 is 32.0 Å². The Labute approximate surface area is 171 Å². The lowest BCUT2D eigenvalue weighted by Gasteiger charge is -2.03. The molecule has 0 radical (unpaired) electrons. The molecule has 0 atom stereocenters. The van der Waals surface area contributed by atoms with E-state index in [9.17, 15) is 4.79 Å². The number of aromatic nitrogens is 2. The van der Waals surface area contributed by atoms with Gasteiger partial charge >= 0.3 is 5.95 Å². The average Bonchev–Trinajstić information content (AvgIpc) is 2.90. The second-order valence-electron chi connectivity index (χ2n) is 5.72. The zero-order chi connectivity index (χ0) is 18.0. The molecule has 0 aliphatic rings. The van der Waals surface area contributed by atoms with E-state index in [1.54, 1.807) is 29.9 Å². The van der Waals surface area contributed by atoms with Crippen molar-refractivity contribution in [2.75, 3.05) is 12.8 Å². The van der Waals surface area contributed by atoms with Gasteiger partial charge in [0.15, 0.2) is 5.78 Å². The largest absolute Gasteiger partial charge is 1.00 e.